The first-order chi connectivity index (χ1) is 8.99. The molecule has 4 nitrogen and oxygen atoms in total. The maximum Gasteiger partial charge on any atom is 0.305 e. The number of nitrogens with zero attached hydrogens (tertiary/aromatic N) is 1. The molecule has 6 heteroatoms. The van der Waals surface area contributed by atoms with E-state index in [9.17, 15) is 9.59 Å². The summed E-state index contributed by atoms with van der Waals surface area (Å²) in [7, 11) is 0. The second-order valence-corrected chi connectivity index (χ2v) is 5.51. The van der Waals surface area contributed by atoms with Gasteiger partial charge >= 0.3 is 5.97 Å². The average Bonchev–Trinajstić information content (AvgIpc) is 2.66. The van der Waals surface area contributed by atoms with Crippen LogP contribution in [0, 0.1) is 0 Å². The van der Waals surface area contributed by atoms with E-state index in [2.05, 4.69) is 0 Å². The van der Waals surface area contributed by atoms with E-state index in [4.69, 9.17) is 28.3 Å². The molecular formula is C13H13Cl2NO3. The number of hydrogen-bond acceptors (Lipinski definition) is 2. The number of likely N-dealkylation sites (tertiary alicyclic amines) is 1. The third-order valence-electron chi connectivity index (χ3n) is 3.12. The maximum absolute atomic E-state index is 11.9. The summed E-state index contributed by atoms with van der Waals surface area (Å²) in [5.41, 5.74) is 0.644. The number of aliphatic carboxylic acids is 1. The van der Waals surface area contributed by atoms with Gasteiger partial charge in [0.05, 0.1) is 17.8 Å². The molecule has 1 heterocycles. The van der Waals surface area contributed by atoms with Gasteiger partial charge in [0, 0.05) is 18.0 Å². The predicted molar refractivity (Wildman–Crippen MR) is 72.4 cm³/mol. The second kappa shape index (κ2) is 5.80. The highest BCUT2D eigenvalue weighted by atomic mass is 35.5. The highest BCUT2D eigenvalue weighted by Crippen LogP contribution is 2.34. The summed E-state index contributed by atoms with van der Waals surface area (Å²) in [6, 6.07) is 6.39. The number of alkyl halides is 1. The summed E-state index contributed by atoms with van der Waals surface area (Å²) in [4.78, 5) is 24.4. The Morgan fingerprint density at radius 1 is 1.47 bits per heavy atom. The van der Waals surface area contributed by atoms with Crippen LogP contribution >= 0.6 is 23.2 Å². The molecule has 1 saturated heterocycles. The molecule has 1 aliphatic heterocycles. The third-order valence-corrected chi connectivity index (χ3v) is 3.76. The van der Waals surface area contributed by atoms with Crippen LogP contribution in [0.4, 0.5) is 0 Å². The SMILES string of the molecule is O=C(O)CC(c1ccccc1Cl)N1CC(Cl)CC1=O. The molecule has 2 rings (SSSR count). The standard InChI is InChI=1S/C13H13Cl2NO3/c14-8-5-12(17)16(7-8)11(6-13(18)19)9-3-1-2-4-10(9)15/h1-4,8,11H,5-7H2,(H,18,19). The monoisotopic (exact) mass is 301 g/mol. The molecule has 1 N–H and O–H groups in total. The van der Waals surface area contributed by atoms with Crippen molar-refractivity contribution >= 4 is 35.1 Å². The summed E-state index contributed by atoms with van der Waals surface area (Å²) in [6.45, 7) is 0.351. The zero-order chi connectivity index (χ0) is 14.0. The van der Waals surface area contributed by atoms with E-state index in [0.717, 1.165) is 0 Å². The lowest BCUT2D eigenvalue weighted by molar-refractivity contribution is -0.139. The van der Waals surface area contributed by atoms with Crippen LogP contribution in [-0.4, -0.2) is 33.8 Å². The lowest BCUT2D eigenvalue weighted by Crippen LogP contribution is -2.32. The van der Waals surface area contributed by atoms with Gasteiger partial charge in [0.1, 0.15) is 0 Å². The van der Waals surface area contributed by atoms with Crippen molar-refractivity contribution in [2.75, 3.05) is 6.54 Å². The largest absolute Gasteiger partial charge is 0.481 e. The van der Waals surface area contributed by atoms with E-state index in [1.807, 2.05) is 0 Å². The van der Waals surface area contributed by atoms with Gasteiger partial charge in [-0.15, -0.1) is 11.6 Å². The van der Waals surface area contributed by atoms with Crippen molar-refractivity contribution in [3.63, 3.8) is 0 Å². The predicted octanol–water partition coefficient (Wildman–Crippen LogP) is 2.70. The van der Waals surface area contributed by atoms with Crippen molar-refractivity contribution in [1.29, 1.82) is 0 Å². The lowest BCUT2D eigenvalue weighted by Gasteiger charge is -2.27. The minimum absolute atomic E-state index is 0.133. The van der Waals surface area contributed by atoms with Crippen LogP contribution in [0.2, 0.25) is 5.02 Å². The minimum atomic E-state index is -0.976. The van der Waals surface area contributed by atoms with Crippen LogP contribution in [-0.2, 0) is 9.59 Å². The molecular weight excluding hydrogens is 289 g/mol. The average molecular weight is 302 g/mol. The number of benzene rings is 1. The minimum Gasteiger partial charge on any atom is -0.481 e. The van der Waals surface area contributed by atoms with E-state index in [1.165, 1.54) is 4.90 Å². The normalized spacial score (nSPS) is 20.6. The van der Waals surface area contributed by atoms with Gasteiger partial charge in [-0.3, -0.25) is 9.59 Å². The van der Waals surface area contributed by atoms with Gasteiger partial charge in [-0.05, 0) is 11.6 Å². The molecule has 0 aromatic heterocycles. The molecule has 1 aromatic carbocycles. The van der Waals surface area contributed by atoms with Gasteiger partial charge in [0.25, 0.3) is 0 Å². The first-order valence-corrected chi connectivity index (χ1v) is 6.70. The van der Waals surface area contributed by atoms with Crippen LogP contribution in [0.5, 0.6) is 0 Å². The Morgan fingerprint density at radius 3 is 2.68 bits per heavy atom. The number of carboxylic acids is 1. The number of carbonyl (C=O) groups is 2. The fourth-order valence-corrected chi connectivity index (χ4v) is 2.83. The molecule has 0 spiro atoms. The fourth-order valence-electron chi connectivity index (χ4n) is 2.29. The first-order valence-electron chi connectivity index (χ1n) is 5.88. The molecule has 19 heavy (non-hydrogen) atoms. The van der Waals surface area contributed by atoms with Crippen molar-refractivity contribution in [2.45, 2.75) is 24.3 Å². The Labute approximate surface area is 120 Å². The molecule has 2 unspecified atom stereocenters. The van der Waals surface area contributed by atoms with E-state index in [-0.39, 0.29) is 24.1 Å². The Kier molecular flexibility index (Phi) is 4.32. The zero-order valence-electron chi connectivity index (χ0n) is 10.1. The summed E-state index contributed by atoms with van der Waals surface area (Å²) < 4.78 is 0. The molecule has 1 aliphatic rings. The van der Waals surface area contributed by atoms with E-state index in [0.29, 0.717) is 17.1 Å². The molecule has 0 saturated carbocycles. The summed E-state index contributed by atoms with van der Waals surface area (Å²) in [5, 5.41) is 9.22. The third kappa shape index (κ3) is 3.19. The van der Waals surface area contributed by atoms with Crippen LogP contribution < -0.4 is 0 Å². The molecule has 1 fully saturated rings. The van der Waals surface area contributed by atoms with Gasteiger partial charge in [-0.2, -0.15) is 0 Å². The van der Waals surface area contributed by atoms with E-state index >= 15 is 0 Å². The number of halogens is 2. The van der Waals surface area contributed by atoms with Crippen molar-refractivity contribution in [3.05, 3.63) is 34.9 Å². The molecule has 0 radical (unpaired) electrons. The van der Waals surface area contributed by atoms with Crippen molar-refractivity contribution in [2.24, 2.45) is 0 Å². The highest BCUT2D eigenvalue weighted by molar-refractivity contribution is 6.31. The Hall–Kier alpha value is -1.26. The summed E-state index contributed by atoms with van der Waals surface area (Å²) in [5.74, 6) is -1.11. The number of carbonyl (C=O) groups excluding carboxylic acids is 1. The smallest absolute Gasteiger partial charge is 0.305 e. The molecule has 2 atom stereocenters. The molecule has 1 aromatic rings. The first kappa shape index (κ1) is 14.2. The molecule has 1 amide bonds. The van der Waals surface area contributed by atoms with Gasteiger partial charge in [-0.25, -0.2) is 0 Å². The number of carboxylic acid groups (broad SMARTS) is 1. The quantitative estimate of drug-likeness (QED) is 0.870. The number of hydrogen-bond donors (Lipinski definition) is 1. The molecule has 102 valence electrons. The van der Waals surface area contributed by atoms with Gasteiger partial charge < -0.3 is 10.0 Å². The number of rotatable bonds is 4. The van der Waals surface area contributed by atoms with E-state index in [1.54, 1.807) is 24.3 Å². The topological polar surface area (TPSA) is 57.6 Å². The lowest BCUT2D eigenvalue weighted by atomic mass is 10.0. The number of amides is 1. The van der Waals surface area contributed by atoms with Gasteiger partial charge in [0.15, 0.2) is 0 Å². The Bertz CT molecular complexity index is 506. The Balaban J connectivity index is 2.34. The van der Waals surface area contributed by atoms with E-state index < -0.39 is 12.0 Å². The summed E-state index contributed by atoms with van der Waals surface area (Å²) in [6.07, 6.45) is 0.0568. The fraction of sp³-hybridized carbons (Fsp3) is 0.385. The zero-order valence-corrected chi connectivity index (χ0v) is 11.6. The Morgan fingerprint density at radius 2 is 2.16 bits per heavy atom. The van der Waals surface area contributed by atoms with Gasteiger partial charge in [-0.1, -0.05) is 29.8 Å². The van der Waals surface area contributed by atoms with Gasteiger partial charge in [0.2, 0.25) is 5.91 Å². The van der Waals surface area contributed by atoms with Crippen molar-refractivity contribution in [3.8, 4) is 0 Å². The van der Waals surface area contributed by atoms with Crippen LogP contribution in [0.1, 0.15) is 24.4 Å². The van der Waals surface area contributed by atoms with Crippen LogP contribution in [0.15, 0.2) is 24.3 Å². The maximum atomic E-state index is 11.9. The second-order valence-electron chi connectivity index (χ2n) is 4.48. The summed E-state index contributed by atoms with van der Waals surface area (Å²) >= 11 is 12.1. The molecule has 0 bridgehead atoms. The van der Waals surface area contributed by atoms with Crippen molar-refractivity contribution < 1.29 is 14.7 Å². The van der Waals surface area contributed by atoms with Crippen LogP contribution in [0.25, 0.3) is 0 Å². The highest BCUT2D eigenvalue weighted by Gasteiger charge is 2.35. The van der Waals surface area contributed by atoms with Crippen LogP contribution in [0.3, 0.4) is 0 Å². The molecule has 0 aliphatic carbocycles. The van der Waals surface area contributed by atoms with Crippen molar-refractivity contribution in [1.82, 2.24) is 4.90 Å².